The molecular formula is C7H6ClIN4. The van der Waals surface area contributed by atoms with Crippen LogP contribution in [0.15, 0.2) is 12.1 Å². The zero-order valence-electron chi connectivity index (χ0n) is 6.75. The van der Waals surface area contributed by atoms with Gasteiger partial charge in [0.05, 0.1) is 0 Å². The maximum atomic E-state index is 5.75. The fraction of sp³-hybridized carbons (Fsp3) is 0.143. The average Bonchev–Trinajstić information content (AvgIpc) is 2.47. The Morgan fingerprint density at radius 1 is 1.54 bits per heavy atom. The molecule has 0 amide bonds. The molecule has 1 N–H and O–H groups in total. The molecule has 0 radical (unpaired) electrons. The van der Waals surface area contributed by atoms with E-state index in [0.717, 1.165) is 15.0 Å². The van der Waals surface area contributed by atoms with E-state index >= 15 is 0 Å². The van der Waals surface area contributed by atoms with Crippen LogP contribution in [0.3, 0.4) is 0 Å². The lowest BCUT2D eigenvalue weighted by Crippen LogP contribution is -2.01. The Kier molecular flexibility index (Phi) is 2.29. The third-order valence-electron chi connectivity index (χ3n) is 1.68. The number of hydrogen-bond donors (Lipinski definition) is 1. The molecule has 2 aromatic heterocycles. The number of fused-ring (bicyclic) bond motifs is 1. The Morgan fingerprint density at radius 2 is 2.31 bits per heavy atom. The summed E-state index contributed by atoms with van der Waals surface area (Å²) in [7, 11) is 1.80. The largest absolute Gasteiger partial charge is 0.371 e. The molecule has 4 nitrogen and oxygen atoms in total. The predicted octanol–water partition coefficient (Wildman–Crippen LogP) is 2.03. The molecule has 0 bridgehead atoms. The molecule has 6 heteroatoms. The van der Waals surface area contributed by atoms with E-state index < -0.39 is 0 Å². The van der Waals surface area contributed by atoms with Gasteiger partial charge in [0.2, 0.25) is 5.28 Å². The van der Waals surface area contributed by atoms with E-state index in [1.807, 2.05) is 12.1 Å². The summed E-state index contributed by atoms with van der Waals surface area (Å²) in [6.07, 6.45) is 0. The summed E-state index contributed by atoms with van der Waals surface area (Å²) in [5.41, 5.74) is 0.927. The van der Waals surface area contributed by atoms with Gasteiger partial charge >= 0.3 is 0 Å². The lowest BCUT2D eigenvalue weighted by atomic mass is 10.5. The van der Waals surface area contributed by atoms with Crippen LogP contribution in [0.5, 0.6) is 0 Å². The minimum absolute atomic E-state index is 0.242. The van der Waals surface area contributed by atoms with Crippen molar-refractivity contribution in [1.82, 2.24) is 14.6 Å². The monoisotopic (exact) mass is 308 g/mol. The number of nitrogens with zero attached hydrogens (tertiary/aromatic N) is 3. The summed E-state index contributed by atoms with van der Waals surface area (Å²) in [4.78, 5) is 4.05. The van der Waals surface area contributed by atoms with Gasteiger partial charge in [0.25, 0.3) is 0 Å². The molecule has 0 unspecified atom stereocenters. The average molecular weight is 309 g/mol. The van der Waals surface area contributed by atoms with Gasteiger partial charge in [0.15, 0.2) is 5.82 Å². The van der Waals surface area contributed by atoms with Crippen molar-refractivity contribution in [2.24, 2.45) is 0 Å². The van der Waals surface area contributed by atoms with Gasteiger partial charge in [-0.1, -0.05) is 0 Å². The summed E-state index contributed by atoms with van der Waals surface area (Å²) in [5, 5.41) is 7.27. The fourth-order valence-electron chi connectivity index (χ4n) is 1.12. The first-order valence-corrected chi connectivity index (χ1v) is 5.06. The second kappa shape index (κ2) is 3.30. The summed E-state index contributed by atoms with van der Waals surface area (Å²) < 4.78 is 2.76. The van der Waals surface area contributed by atoms with Crippen LogP contribution in [0, 0.1) is 3.70 Å². The molecule has 0 aliphatic heterocycles. The normalized spacial score (nSPS) is 10.7. The van der Waals surface area contributed by atoms with E-state index in [1.165, 1.54) is 0 Å². The van der Waals surface area contributed by atoms with Crippen molar-refractivity contribution in [3.05, 3.63) is 21.1 Å². The van der Waals surface area contributed by atoms with Gasteiger partial charge in [-0.2, -0.15) is 4.98 Å². The van der Waals surface area contributed by atoms with E-state index in [1.54, 1.807) is 11.6 Å². The van der Waals surface area contributed by atoms with Crippen LogP contribution in [0.1, 0.15) is 0 Å². The number of hydrogen-bond acceptors (Lipinski definition) is 3. The first-order valence-electron chi connectivity index (χ1n) is 3.61. The van der Waals surface area contributed by atoms with Gasteiger partial charge in [-0.15, -0.1) is 5.10 Å². The van der Waals surface area contributed by atoms with Gasteiger partial charge in [0, 0.05) is 7.05 Å². The van der Waals surface area contributed by atoms with Crippen molar-refractivity contribution in [2.75, 3.05) is 12.4 Å². The molecular weight excluding hydrogens is 302 g/mol. The molecule has 2 aromatic rings. The number of nitrogens with one attached hydrogen (secondary N) is 1. The molecule has 2 rings (SSSR count). The molecule has 0 aliphatic rings. The number of aromatic nitrogens is 3. The van der Waals surface area contributed by atoms with E-state index in [-0.39, 0.29) is 5.28 Å². The second-order valence-corrected chi connectivity index (χ2v) is 3.88. The van der Waals surface area contributed by atoms with Crippen molar-refractivity contribution in [2.45, 2.75) is 0 Å². The highest BCUT2D eigenvalue weighted by Crippen LogP contribution is 2.19. The Morgan fingerprint density at radius 3 is 3.00 bits per heavy atom. The summed E-state index contributed by atoms with van der Waals surface area (Å²) >= 11 is 7.93. The van der Waals surface area contributed by atoms with Crippen molar-refractivity contribution < 1.29 is 0 Å². The quantitative estimate of drug-likeness (QED) is 0.820. The van der Waals surface area contributed by atoms with E-state index in [2.05, 4.69) is 38.0 Å². The highest BCUT2D eigenvalue weighted by molar-refractivity contribution is 14.1. The summed E-state index contributed by atoms with van der Waals surface area (Å²) in [6, 6.07) is 3.91. The number of rotatable bonds is 1. The summed E-state index contributed by atoms with van der Waals surface area (Å²) in [6.45, 7) is 0. The molecule has 13 heavy (non-hydrogen) atoms. The van der Waals surface area contributed by atoms with E-state index in [4.69, 9.17) is 11.6 Å². The van der Waals surface area contributed by atoms with Gasteiger partial charge in [-0.25, -0.2) is 4.52 Å². The van der Waals surface area contributed by atoms with Crippen LogP contribution in [-0.2, 0) is 0 Å². The molecule has 0 aromatic carbocycles. The topological polar surface area (TPSA) is 42.2 Å². The van der Waals surface area contributed by atoms with Crippen LogP contribution in [0.4, 0.5) is 5.82 Å². The van der Waals surface area contributed by atoms with Crippen LogP contribution in [0.2, 0.25) is 5.28 Å². The zero-order valence-corrected chi connectivity index (χ0v) is 9.67. The maximum absolute atomic E-state index is 5.75. The maximum Gasteiger partial charge on any atom is 0.243 e. The molecule has 0 spiro atoms. The lowest BCUT2D eigenvalue weighted by Gasteiger charge is -2.02. The van der Waals surface area contributed by atoms with Gasteiger partial charge in [-0.3, -0.25) is 0 Å². The summed E-state index contributed by atoms with van der Waals surface area (Å²) in [5.74, 6) is 0.739. The van der Waals surface area contributed by atoms with Crippen LogP contribution in [-0.4, -0.2) is 21.6 Å². The highest BCUT2D eigenvalue weighted by atomic mass is 127. The standard InChI is InChI=1S/C7H6ClIN4/c1-10-6-4-2-3-5(9)13(4)12-7(8)11-6/h2-3H,1H3,(H,10,11,12). The van der Waals surface area contributed by atoms with Gasteiger partial charge in [0.1, 0.15) is 9.22 Å². The molecule has 0 saturated heterocycles. The Labute approximate surface area is 93.4 Å². The second-order valence-electron chi connectivity index (χ2n) is 2.43. The predicted molar refractivity (Wildman–Crippen MR) is 60.3 cm³/mol. The van der Waals surface area contributed by atoms with Crippen LogP contribution in [0.25, 0.3) is 5.52 Å². The Bertz CT molecular complexity index is 453. The zero-order chi connectivity index (χ0) is 9.42. The smallest absolute Gasteiger partial charge is 0.243 e. The Balaban J connectivity index is 2.84. The minimum atomic E-state index is 0.242. The van der Waals surface area contributed by atoms with Crippen LogP contribution < -0.4 is 5.32 Å². The van der Waals surface area contributed by atoms with Gasteiger partial charge in [-0.05, 0) is 46.3 Å². The van der Waals surface area contributed by atoms with Crippen LogP contribution >= 0.6 is 34.2 Å². The molecule has 0 atom stereocenters. The molecule has 2 heterocycles. The first-order chi connectivity index (χ1) is 6.22. The van der Waals surface area contributed by atoms with Crippen molar-refractivity contribution >= 4 is 45.5 Å². The highest BCUT2D eigenvalue weighted by Gasteiger charge is 2.07. The van der Waals surface area contributed by atoms with Crippen molar-refractivity contribution in [1.29, 1.82) is 0 Å². The van der Waals surface area contributed by atoms with Crippen molar-refractivity contribution in [3.8, 4) is 0 Å². The minimum Gasteiger partial charge on any atom is -0.371 e. The van der Waals surface area contributed by atoms with E-state index in [0.29, 0.717) is 0 Å². The molecule has 0 aliphatic carbocycles. The van der Waals surface area contributed by atoms with Crippen molar-refractivity contribution in [3.63, 3.8) is 0 Å². The SMILES string of the molecule is CNc1nc(Cl)nn2c(I)ccc12. The van der Waals surface area contributed by atoms with E-state index in [9.17, 15) is 0 Å². The fourth-order valence-corrected chi connectivity index (χ4v) is 1.83. The molecule has 68 valence electrons. The number of anilines is 1. The Hall–Kier alpha value is -0.560. The third kappa shape index (κ3) is 1.46. The first kappa shape index (κ1) is 9.01. The molecule has 0 fully saturated rings. The van der Waals surface area contributed by atoms with Gasteiger partial charge < -0.3 is 5.32 Å². The lowest BCUT2D eigenvalue weighted by molar-refractivity contribution is 0.886. The number of halogens is 2. The molecule has 0 saturated carbocycles. The third-order valence-corrected chi connectivity index (χ3v) is 2.65.